The van der Waals surface area contributed by atoms with Gasteiger partial charge in [0.15, 0.2) is 6.10 Å². The Morgan fingerprint density at radius 2 is 1.93 bits per heavy atom. The number of nitrogens with zero attached hydrogens (tertiary/aromatic N) is 2. The van der Waals surface area contributed by atoms with Gasteiger partial charge in [-0.1, -0.05) is 58.4 Å². The zero-order chi connectivity index (χ0) is 18.4. The van der Waals surface area contributed by atoms with E-state index in [9.17, 15) is 4.79 Å². The monoisotopic (exact) mass is 420 g/mol. The van der Waals surface area contributed by atoms with Crippen molar-refractivity contribution in [2.24, 2.45) is 0 Å². The zero-order valence-electron chi connectivity index (χ0n) is 14.5. The van der Waals surface area contributed by atoms with Crippen molar-refractivity contribution in [1.29, 1.82) is 0 Å². The number of fused-ring (bicyclic) bond motifs is 2. The second-order valence-corrected chi connectivity index (χ2v) is 7.74. The lowest BCUT2D eigenvalue weighted by Gasteiger charge is -2.25. The molecule has 2 aromatic carbocycles. The average Bonchev–Trinajstić information content (AvgIpc) is 3.04. The minimum absolute atomic E-state index is 0.0603. The molecule has 0 bridgehead atoms. The summed E-state index contributed by atoms with van der Waals surface area (Å²) in [6, 6.07) is 18.1. The predicted octanol–water partition coefficient (Wildman–Crippen LogP) is 5.49. The molecule has 0 radical (unpaired) electrons. The number of cyclic esters (lactones) is 1. The van der Waals surface area contributed by atoms with Gasteiger partial charge in [0.1, 0.15) is 0 Å². The first-order valence-electron chi connectivity index (χ1n) is 9.00. The second-order valence-electron chi connectivity index (χ2n) is 6.83. The molecule has 0 unspecified atom stereocenters. The molecule has 5 rings (SSSR count). The van der Waals surface area contributed by atoms with Gasteiger partial charge in [0, 0.05) is 27.5 Å². The first kappa shape index (κ1) is 16.5. The molecule has 0 aliphatic carbocycles. The Hall–Kier alpha value is -2.66. The molecule has 2 aliphatic heterocycles. The Morgan fingerprint density at radius 3 is 2.78 bits per heavy atom. The molecular weight excluding hydrogens is 404 g/mol. The van der Waals surface area contributed by atoms with Gasteiger partial charge in [-0.25, -0.2) is 9.78 Å². The lowest BCUT2D eigenvalue weighted by Crippen LogP contribution is -2.35. The minimum atomic E-state index is -0.323. The Morgan fingerprint density at radius 1 is 1.11 bits per heavy atom. The van der Waals surface area contributed by atoms with E-state index in [4.69, 9.17) is 9.72 Å². The molecule has 1 aromatic heterocycles. The molecule has 5 heteroatoms. The quantitative estimate of drug-likeness (QED) is 0.515. The molecule has 0 saturated carbocycles. The van der Waals surface area contributed by atoms with Gasteiger partial charge in [-0.05, 0) is 30.7 Å². The van der Waals surface area contributed by atoms with Crippen LogP contribution in [0.3, 0.4) is 0 Å². The smallest absolute Gasteiger partial charge is 0.411 e. The Bertz CT molecular complexity index is 1060. The summed E-state index contributed by atoms with van der Waals surface area (Å²) in [4.78, 5) is 19.0. The number of carbonyl (C=O) groups is 1. The van der Waals surface area contributed by atoms with Gasteiger partial charge >= 0.3 is 6.09 Å². The van der Waals surface area contributed by atoms with Crippen molar-refractivity contribution in [3.05, 3.63) is 76.8 Å². The SMILES string of the molecule is O=C1O[C@H](c2cc(-c3ccc(Br)cc3)nc3ccccc23)[C@@H]2C=CCCN12. The molecule has 0 spiro atoms. The topological polar surface area (TPSA) is 42.4 Å². The molecule has 3 aromatic rings. The number of pyridine rings is 1. The highest BCUT2D eigenvalue weighted by molar-refractivity contribution is 9.10. The van der Waals surface area contributed by atoms with E-state index in [-0.39, 0.29) is 18.2 Å². The normalized spacial score (nSPS) is 21.4. The predicted molar refractivity (Wildman–Crippen MR) is 108 cm³/mol. The van der Waals surface area contributed by atoms with Crippen LogP contribution in [-0.4, -0.2) is 28.6 Å². The van der Waals surface area contributed by atoms with E-state index in [1.54, 1.807) is 0 Å². The molecule has 2 atom stereocenters. The van der Waals surface area contributed by atoms with Gasteiger partial charge in [0.05, 0.1) is 17.3 Å². The first-order valence-corrected chi connectivity index (χ1v) is 9.79. The van der Waals surface area contributed by atoms with Crippen molar-refractivity contribution < 1.29 is 9.53 Å². The highest BCUT2D eigenvalue weighted by Crippen LogP contribution is 2.39. The summed E-state index contributed by atoms with van der Waals surface area (Å²) in [5, 5.41) is 1.02. The maximum Gasteiger partial charge on any atom is 0.411 e. The molecule has 1 saturated heterocycles. The van der Waals surface area contributed by atoms with Crippen molar-refractivity contribution in [1.82, 2.24) is 9.88 Å². The van der Waals surface area contributed by atoms with Crippen LogP contribution in [0.25, 0.3) is 22.2 Å². The largest absolute Gasteiger partial charge is 0.439 e. The van der Waals surface area contributed by atoms with E-state index < -0.39 is 0 Å². The molecule has 2 aliphatic rings. The van der Waals surface area contributed by atoms with Crippen LogP contribution in [0.5, 0.6) is 0 Å². The van der Waals surface area contributed by atoms with Crippen molar-refractivity contribution >= 4 is 32.9 Å². The molecule has 1 fully saturated rings. The number of carbonyl (C=O) groups excluding carboxylic acids is 1. The second kappa shape index (κ2) is 6.50. The van der Waals surface area contributed by atoms with Gasteiger partial charge in [-0.2, -0.15) is 0 Å². The molecule has 3 heterocycles. The van der Waals surface area contributed by atoms with Crippen LogP contribution in [0.2, 0.25) is 0 Å². The number of hydrogen-bond donors (Lipinski definition) is 0. The standard InChI is InChI=1S/C22H17BrN2O2/c23-15-10-8-14(9-11-15)19-13-17(16-5-1-2-6-18(16)24-19)21-20-7-3-4-12-25(20)22(26)27-21/h1-3,5-11,13,20-21H,4,12H2/t20-,21+/m0/s1. The van der Waals surface area contributed by atoms with Crippen LogP contribution in [0.4, 0.5) is 4.79 Å². The van der Waals surface area contributed by atoms with E-state index in [1.165, 1.54) is 0 Å². The number of hydrogen-bond acceptors (Lipinski definition) is 3. The summed E-state index contributed by atoms with van der Waals surface area (Å²) in [5.74, 6) is 0. The summed E-state index contributed by atoms with van der Waals surface area (Å²) in [7, 11) is 0. The number of para-hydroxylation sites is 1. The Kier molecular flexibility index (Phi) is 3.97. The maximum absolute atomic E-state index is 12.4. The van der Waals surface area contributed by atoms with Crippen LogP contribution in [0.1, 0.15) is 18.1 Å². The lowest BCUT2D eigenvalue weighted by molar-refractivity contribution is 0.132. The van der Waals surface area contributed by atoms with Crippen molar-refractivity contribution in [2.75, 3.05) is 6.54 Å². The van der Waals surface area contributed by atoms with Crippen LogP contribution >= 0.6 is 15.9 Å². The minimum Gasteiger partial charge on any atom is -0.439 e. The van der Waals surface area contributed by atoms with Crippen molar-refractivity contribution in [3.8, 4) is 11.3 Å². The fourth-order valence-electron chi connectivity index (χ4n) is 3.88. The Labute approximate surface area is 165 Å². The lowest BCUT2D eigenvalue weighted by atomic mass is 9.94. The number of benzene rings is 2. The van der Waals surface area contributed by atoms with E-state index in [2.05, 4.69) is 34.1 Å². The average molecular weight is 421 g/mol. The molecule has 1 amide bonds. The highest BCUT2D eigenvalue weighted by atomic mass is 79.9. The van der Waals surface area contributed by atoms with Gasteiger partial charge in [0.25, 0.3) is 0 Å². The van der Waals surface area contributed by atoms with Gasteiger partial charge in [-0.3, -0.25) is 4.90 Å². The Balaban J connectivity index is 1.69. The number of rotatable bonds is 2. The van der Waals surface area contributed by atoms with Gasteiger partial charge < -0.3 is 4.74 Å². The number of halogens is 1. The van der Waals surface area contributed by atoms with E-state index in [1.807, 2.05) is 53.4 Å². The summed E-state index contributed by atoms with van der Waals surface area (Å²) in [6.45, 7) is 0.707. The molecule has 4 nitrogen and oxygen atoms in total. The number of ether oxygens (including phenoxy) is 1. The third kappa shape index (κ3) is 2.82. The third-order valence-corrected chi connectivity index (χ3v) is 5.73. The van der Waals surface area contributed by atoms with Gasteiger partial charge in [-0.15, -0.1) is 0 Å². The zero-order valence-corrected chi connectivity index (χ0v) is 16.1. The van der Waals surface area contributed by atoms with Crippen molar-refractivity contribution in [2.45, 2.75) is 18.6 Å². The van der Waals surface area contributed by atoms with Crippen molar-refractivity contribution in [3.63, 3.8) is 0 Å². The van der Waals surface area contributed by atoms with Crippen LogP contribution < -0.4 is 0 Å². The summed E-state index contributed by atoms with van der Waals surface area (Å²) in [6.07, 6.45) is 4.54. The summed E-state index contributed by atoms with van der Waals surface area (Å²) >= 11 is 3.48. The third-order valence-electron chi connectivity index (χ3n) is 5.20. The van der Waals surface area contributed by atoms with Crippen LogP contribution in [0, 0.1) is 0 Å². The van der Waals surface area contributed by atoms with Crippen LogP contribution in [-0.2, 0) is 4.74 Å². The molecule has 134 valence electrons. The molecular formula is C22H17BrN2O2. The van der Waals surface area contributed by atoms with E-state index in [0.29, 0.717) is 6.54 Å². The molecule has 27 heavy (non-hydrogen) atoms. The van der Waals surface area contributed by atoms with E-state index >= 15 is 0 Å². The van der Waals surface area contributed by atoms with Gasteiger partial charge in [0.2, 0.25) is 0 Å². The number of aromatic nitrogens is 1. The van der Waals surface area contributed by atoms with Crippen LogP contribution in [0.15, 0.2) is 71.2 Å². The molecule has 0 N–H and O–H groups in total. The summed E-state index contributed by atoms with van der Waals surface area (Å²) < 4.78 is 6.84. The fraction of sp³-hybridized carbons (Fsp3) is 0.182. The highest BCUT2D eigenvalue weighted by Gasteiger charge is 2.42. The maximum atomic E-state index is 12.4. The number of amides is 1. The summed E-state index contributed by atoms with van der Waals surface area (Å²) in [5.41, 5.74) is 3.82. The van der Waals surface area contributed by atoms with E-state index in [0.717, 1.165) is 38.6 Å². The first-order chi connectivity index (χ1) is 13.2. The fourth-order valence-corrected chi connectivity index (χ4v) is 4.14.